The van der Waals surface area contributed by atoms with Crippen molar-refractivity contribution in [2.75, 3.05) is 18.1 Å². The van der Waals surface area contributed by atoms with Gasteiger partial charge in [0.15, 0.2) is 5.41 Å². The Morgan fingerprint density at radius 1 is 1.11 bits per heavy atom. The molecule has 1 amide bonds. The van der Waals surface area contributed by atoms with Crippen LogP contribution in [0.25, 0.3) is 0 Å². The predicted octanol–water partition coefficient (Wildman–Crippen LogP) is 2.58. The topological polar surface area (TPSA) is 132 Å². The van der Waals surface area contributed by atoms with Crippen LogP contribution < -0.4 is 10.6 Å². The number of nitrogens with two attached hydrogens (primary N) is 1. The molecule has 2 aromatic rings. The summed E-state index contributed by atoms with van der Waals surface area (Å²) in [5.41, 5.74) is 5.13. The standard InChI is InChI=1S/C26H23N3O6/c1-3-33-21(30)14-29-20-12-8-7-11-18(20)26(25(29)32)19(13-27)23(28)35-16(2)22(26)24(31)34-15-17-9-5-4-6-10-17/h4-12H,3,14-15,28H2,1-2H3. The lowest BCUT2D eigenvalue weighted by Gasteiger charge is -2.34. The van der Waals surface area contributed by atoms with Crippen LogP contribution in [0.4, 0.5) is 5.69 Å². The number of para-hydroxylation sites is 1. The van der Waals surface area contributed by atoms with Gasteiger partial charge in [0, 0.05) is 11.3 Å². The van der Waals surface area contributed by atoms with Crippen LogP contribution in [-0.4, -0.2) is 31.0 Å². The molecule has 9 heteroatoms. The molecule has 4 rings (SSSR count). The quantitative estimate of drug-likeness (QED) is 0.633. The van der Waals surface area contributed by atoms with Crippen molar-refractivity contribution < 1.29 is 28.6 Å². The van der Waals surface area contributed by atoms with Gasteiger partial charge in [-0.3, -0.25) is 14.5 Å². The molecule has 0 saturated carbocycles. The second-order valence-electron chi connectivity index (χ2n) is 7.91. The van der Waals surface area contributed by atoms with Gasteiger partial charge in [0.05, 0.1) is 6.61 Å². The van der Waals surface area contributed by atoms with Crippen molar-refractivity contribution in [1.29, 1.82) is 5.26 Å². The number of hydrogen-bond acceptors (Lipinski definition) is 8. The third-order valence-electron chi connectivity index (χ3n) is 5.90. The minimum atomic E-state index is -1.93. The molecule has 2 aromatic carbocycles. The number of rotatable bonds is 6. The molecule has 0 saturated heterocycles. The molecule has 0 bridgehead atoms. The maximum atomic E-state index is 14.1. The second-order valence-corrected chi connectivity index (χ2v) is 7.91. The van der Waals surface area contributed by atoms with Crippen LogP contribution in [0.3, 0.4) is 0 Å². The summed E-state index contributed by atoms with van der Waals surface area (Å²) in [5.74, 6) is -2.44. The number of nitriles is 1. The third kappa shape index (κ3) is 3.79. The molecular weight excluding hydrogens is 450 g/mol. The predicted molar refractivity (Wildman–Crippen MR) is 124 cm³/mol. The van der Waals surface area contributed by atoms with E-state index in [4.69, 9.17) is 19.9 Å². The van der Waals surface area contributed by atoms with Crippen LogP contribution in [0.5, 0.6) is 0 Å². The molecule has 0 aliphatic carbocycles. The molecule has 1 unspecified atom stereocenters. The Kier molecular flexibility index (Phi) is 6.30. The van der Waals surface area contributed by atoms with E-state index in [1.807, 2.05) is 12.1 Å². The number of nitrogens with zero attached hydrogens (tertiary/aromatic N) is 2. The molecule has 2 aliphatic heterocycles. The monoisotopic (exact) mass is 473 g/mol. The van der Waals surface area contributed by atoms with E-state index < -0.39 is 29.8 Å². The number of ether oxygens (including phenoxy) is 3. The van der Waals surface area contributed by atoms with E-state index in [9.17, 15) is 19.6 Å². The number of carbonyl (C=O) groups is 3. The van der Waals surface area contributed by atoms with E-state index in [0.29, 0.717) is 11.3 Å². The fraction of sp³-hybridized carbons (Fsp3) is 0.231. The molecule has 0 fully saturated rings. The molecular formula is C26H23N3O6. The number of fused-ring (bicyclic) bond motifs is 2. The summed E-state index contributed by atoms with van der Waals surface area (Å²) in [6.07, 6.45) is 0. The molecule has 9 nitrogen and oxygen atoms in total. The normalized spacial score (nSPS) is 18.8. The number of anilines is 1. The summed E-state index contributed by atoms with van der Waals surface area (Å²) in [4.78, 5) is 41.1. The lowest BCUT2D eigenvalue weighted by atomic mass is 9.68. The minimum Gasteiger partial charge on any atom is -0.465 e. The highest BCUT2D eigenvalue weighted by Crippen LogP contribution is 2.54. The van der Waals surface area contributed by atoms with Gasteiger partial charge in [-0.25, -0.2) is 4.79 Å². The highest BCUT2D eigenvalue weighted by atomic mass is 16.5. The smallest absolute Gasteiger partial charge is 0.339 e. The number of carbonyl (C=O) groups excluding carboxylic acids is 3. The van der Waals surface area contributed by atoms with Crippen molar-refractivity contribution in [2.24, 2.45) is 5.73 Å². The Morgan fingerprint density at radius 2 is 1.80 bits per heavy atom. The van der Waals surface area contributed by atoms with Gasteiger partial charge in [-0.15, -0.1) is 0 Å². The van der Waals surface area contributed by atoms with Crippen molar-refractivity contribution in [3.8, 4) is 6.07 Å². The van der Waals surface area contributed by atoms with Gasteiger partial charge >= 0.3 is 11.9 Å². The van der Waals surface area contributed by atoms with Gasteiger partial charge in [0.25, 0.3) is 0 Å². The Hall–Kier alpha value is -4.58. The van der Waals surface area contributed by atoms with Gasteiger partial charge in [-0.05, 0) is 25.5 Å². The molecule has 2 N–H and O–H groups in total. The van der Waals surface area contributed by atoms with Gasteiger partial charge < -0.3 is 19.9 Å². The van der Waals surface area contributed by atoms with E-state index >= 15 is 0 Å². The first-order valence-corrected chi connectivity index (χ1v) is 10.9. The minimum absolute atomic E-state index is 0.0284. The first-order chi connectivity index (χ1) is 16.9. The SMILES string of the molecule is CCOC(=O)CN1C(=O)C2(C(C#N)=C(N)OC(C)=C2C(=O)OCc2ccccc2)c2ccccc21. The van der Waals surface area contributed by atoms with Crippen LogP contribution in [0, 0.1) is 11.3 Å². The van der Waals surface area contributed by atoms with Gasteiger partial charge in [-0.2, -0.15) is 5.26 Å². The van der Waals surface area contributed by atoms with Crippen LogP contribution >= 0.6 is 0 Å². The molecule has 2 heterocycles. The second kappa shape index (κ2) is 9.35. The first kappa shape index (κ1) is 23.6. The fourth-order valence-electron chi connectivity index (χ4n) is 4.50. The third-order valence-corrected chi connectivity index (χ3v) is 5.90. The highest BCUT2D eigenvalue weighted by Gasteiger charge is 2.62. The van der Waals surface area contributed by atoms with Gasteiger partial charge in [0.2, 0.25) is 11.8 Å². The zero-order chi connectivity index (χ0) is 25.2. The number of allylic oxidation sites excluding steroid dienone is 1. The fourth-order valence-corrected chi connectivity index (χ4v) is 4.50. The lowest BCUT2D eigenvalue weighted by molar-refractivity contribution is -0.143. The summed E-state index contributed by atoms with van der Waals surface area (Å²) in [5, 5.41) is 10.1. The van der Waals surface area contributed by atoms with Crippen molar-refractivity contribution in [3.05, 3.63) is 88.5 Å². The highest BCUT2D eigenvalue weighted by molar-refractivity contribution is 6.19. The maximum absolute atomic E-state index is 14.1. The zero-order valence-electron chi connectivity index (χ0n) is 19.2. The molecule has 0 aromatic heterocycles. The molecule has 178 valence electrons. The lowest BCUT2D eigenvalue weighted by Crippen LogP contribution is -2.49. The van der Waals surface area contributed by atoms with E-state index in [1.165, 1.54) is 11.8 Å². The Balaban J connectivity index is 1.86. The molecule has 2 aliphatic rings. The Labute approximate surface area is 202 Å². The maximum Gasteiger partial charge on any atom is 0.339 e. The average molecular weight is 473 g/mol. The van der Waals surface area contributed by atoms with Crippen molar-refractivity contribution in [2.45, 2.75) is 25.9 Å². The van der Waals surface area contributed by atoms with Crippen LogP contribution in [0.15, 0.2) is 77.4 Å². The van der Waals surface area contributed by atoms with E-state index in [2.05, 4.69) is 0 Å². The molecule has 1 spiro atoms. The molecule has 0 radical (unpaired) electrons. The van der Waals surface area contributed by atoms with E-state index in [0.717, 1.165) is 5.56 Å². The van der Waals surface area contributed by atoms with Crippen LogP contribution in [0.1, 0.15) is 25.0 Å². The van der Waals surface area contributed by atoms with Crippen molar-refractivity contribution in [3.63, 3.8) is 0 Å². The average Bonchev–Trinajstić information content (AvgIpc) is 3.07. The summed E-state index contributed by atoms with van der Waals surface area (Å²) >= 11 is 0. The number of amides is 1. The zero-order valence-corrected chi connectivity index (χ0v) is 19.2. The summed E-state index contributed by atoms with van der Waals surface area (Å²) in [6, 6.07) is 17.6. The van der Waals surface area contributed by atoms with Crippen molar-refractivity contribution in [1.82, 2.24) is 0 Å². The number of benzene rings is 2. The van der Waals surface area contributed by atoms with E-state index in [-0.39, 0.29) is 36.0 Å². The summed E-state index contributed by atoms with van der Waals surface area (Å²) in [7, 11) is 0. The van der Waals surface area contributed by atoms with Gasteiger partial charge in [0.1, 0.15) is 36.1 Å². The van der Waals surface area contributed by atoms with Crippen LogP contribution in [0.2, 0.25) is 0 Å². The van der Waals surface area contributed by atoms with Crippen LogP contribution in [-0.2, 0) is 40.6 Å². The van der Waals surface area contributed by atoms with Crippen molar-refractivity contribution >= 4 is 23.5 Å². The summed E-state index contributed by atoms with van der Waals surface area (Å²) in [6.45, 7) is 2.80. The Bertz CT molecular complexity index is 1310. The summed E-state index contributed by atoms with van der Waals surface area (Å²) < 4.78 is 16.1. The first-order valence-electron chi connectivity index (χ1n) is 10.9. The van der Waals surface area contributed by atoms with Gasteiger partial charge in [-0.1, -0.05) is 48.5 Å². The molecule has 35 heavy (non-hydrogen) atoms. The Morgan fingerprint density at radius 3 is 2.49 bits per heavy atom. The largest absolute Gasteiger partial charge is 0.465 e. The number of hydrogen-bond donors (Lipinski definition) is 1. The molecule has 1 atom stereocenters. The van der Waals surface area contributed by atoms with E-state index in [1.54, 1.807) is 55.5 Å². The number of esters is 2.